The molecular formula is C20H30N2O3. The zero-order valence-corrected chi connectivity index (χ0v) is 15.7. The fourth-order valence-electron chi connectivity index (χ4n) is 2.94. The molecule has 0 aromatic heterocycles. The van der Waals surface area contributed by atoms with Gasteiger partial charge in [0.1, 0.15) is 5.75 Å². The summed E-state index contributed by atoms with van der Waals surface area (Å²) in [5.74, 6) is 1.17. The summed E-state index contributed by atoms with van der Waals surface area (Å²) in [6.07, 6.45) is 3.13. The number of unbranched alkanes of at least 4 members (excludes halogenated alkanes) is 1. The molecular weight excluding hydrogens is 316 g/mol. The Balaban J connectivity index is 1.79. The third kappa shape index (κ3) is 6.07. The number of amides is 2. The van der Waals surface area contributed by atoms with Gasteiger partial charge in [0.25, 0.3) is 0 Å². The molecule has 0 N–H and O–H groups in total. The number of piperazine rings is 1. The highest BCUT2D eigenvalue weighted by atomic mass is 16.5. The van der Waals surface area contributed by atoms with E-state index in [0.717, 1.165) is 24.2 Å². The molecule has 0 radical (unpaired) electrons. The van der Waals surface area contributed by atoms with Crippen molar-refractivity contribution in [3.05, 3.63) is 29.8 Å². The Morgan fingerprint density at radius 3 is 2.08 bits per heavy atom. The van der Waals surface area contributed by atoms with Gasteiger partial charge in [-0.05, 0) is 38.0 Å². The van der Waals surface area contributed by atoms with E-state index in [1.165, 1.54) is 0 Å². The largest absolute Gasteiger partial charge is 0.491 e. The quantitative estimate of drug-likeness (QED) is 0.763. The molecule has 1 heterocycles. The predicted molar refractivity (Wildman–Crippen MR) is 98.6 cm³/mol. The number of hydrogen-bond donors (Lipinski definition) is 0. The first kappa shape index (κ1) is 19.3. The highest BCUT2D eigenvalue weighted by molar-refractivity contribution is 5.80. The average molecular weight is 346 g/mol. The number of benzene rings is 1. The predicted octanol–water partition coefficient (Wildman–Crippen LogP) is 2.88. The fourth-order valence-corrected chi connectivity index (χ4v) is 2.94. The van der Waals surface area contributed by atoms with Crippen molar-refractivity contribution >= 4 is 11.8 Å². The summed E-state index contributed by atoms with van der Waals surface area (Å²) in [7, 11) is 0. The van der Waals surface area contributed by atoms with Gasteiger partial charge in [-0.2, -0.15) is 0 Å². The van der Waals surface area contributed by atoms with Crippen LogP contribution >= 0.6 is 0 Å². The Hall–Kier alpha value is -2.04. The minimum Gasteiger partial charge on any atom is -0.491 e. The van der Waals surface area contributed by atoms with Crippen LogP contribution in [0.25, 0.3) is 0 Å². The number of hydrogen-bond acceptors (Lipinski definition) is 3. The maximum atomic E-state index is 12.5. The number of carbonyl (C=O) groups is 2. The Kier molecular flexibility index (Phi) is 7.29. The zero-order chi connectivity index (χ0) is 18.2. The van der Waals surface area contributed by atoms with Gasteiger partial charge in [0.2, 0.25) is 11.8 Å². The van der Waals surface area contributed by atoms with Gasteiger partial charge in [0.05, 0.1) is 12.5 Å². The van der Waals surface area contributed by atoms with E-state index in [1.54, 1.807) is 0 Å². The minimum atomic E-state index is 0.123. The smallest absolute Gasteiger partial charge is 0.227 e. The molecule has 5 heteroatoms. The third-order valence-electron chi connectivity index (χ3n) is 4.38. The molecule has 0 saturated carbocycles. The van der Waals surface area contributed by atoms with E-state index in [1.807, 2.05) is 47.9 Å². The molecule has 1 aromatic carbocycles. The van der Waals surface area contributed by atoms with Crippen molar-refractivity contribution in [1.82, 2.24) is 9.80 Å². The van der Waals surface area contributed by atoms with Crippen LogP contribution in [0.4, 0.5) is 0 Å². The summed E-state index contributed by atoms with van der Waals surface area (Å²) in [4.78, 5) is 28.3. The molecule has 1 aliphatic heterocycles. The zero-order valence-electron chi connectivity index (χ0n) is 15.7. The second-order valence-electron chi connectivity index (χ2n) is 6.85. The molecule has 5 nitrogen and oxygen atoms in total. The average Bonchev–Trinajstić information content (AvgIpc) is 2.61. The maximum Gasteiger partial charge on any atom is 0.227 e. The van der Waals surface area contributed by atoms with E-state index in [2.05, 4.69) is 6.92 Å². The first-order chi connectivity index (χ1) is 12.0. The van der Waals surface area contributed by atoms with Gasteiger partial charge in [-0.15, -0.1) is 0 Å². The first-order valence-corrected chi connectivity index (χ1v) is 9.30. The van der Waals surface area contributed by atoms with Crippen molar-refractivity contribution in [1.29, 1.82) is 0 Å². The van der Waals surface area contributed by atoms with E-state index in [9.17, 15) is 9.59 Å². The van der Waals surface area contributed by atoms with Crippen molar-refractivity contribution in [2.24, 2.45) is 0 Å². The Bertz CT molecular complexity index is 561. The monoisotopic (exact) mass is 346 g/mol. The number of carbonyl (C=O) groups excluding carboxylic acids is 2. The molecule has 0 atom stereocenters. The molecule has 2 rings (SSSR count). The molecule has 0 bridgehead atoms. The Labute approximate surface area is 150 Å². The SMILES string of the molecule is CCCCC(=O)N1CCN(C(=O)Cc2ccc(OC(C)C)cc2)CC1. The van der Waals surface area contributed by atoms with Crippen molar-refractivity contribution in [3.8, 4) is 5.75 Å². The van der Waals surface area contributed by atoms with Gasteiger partial charge >= 0.3 is 0 Å². The third-order valence-corrected chi connectivity index (χ3v) is 4.38. The lowest BCUT2D eigenvalue weighted by Crippen LogP contribution is -2.50. The molecule has 0 spiro atoms. The molecule has 1 aromatic rings. The normalized spacial score (nSPS) is 14.7. The lowest BCUT2D eigenvalue weighted by atomic mass is 10.1. The van der Waals surface area contributed by atoms with Crippen molar-refractivity contribution in [2.75, 3.05) is 26.2 Å². The Morgan fingerprint density at radius 2 is 1.56 bits per heavy atom. The molecule has 1 fully saturated rings. The van der Waals surface area contributed by atoms with Crippen LogP contribution in [0.2, 0.25) is 0 Å². The van der Waals surface area contributed by atoms with E-state index < -0.39 is 0 Å². The van der Waals surface area contributed by atoms with Gasteiger partial charge < -0.3 is 14.5 Å². The summed E-state index contributed by atoms with van der Waals surface area (Å²) in [5, 5.41) is 0. The topological polar surface area (TPSA) is 49.9 Å². The molecule has 138 valence electrons. The van der Waals surface area contributed by atoms with Crippen LogP contribution in [-0.2, 0) is 16.0 Å². The van der Waals surface area contributed by atoms with Crippen LogP contribution in [0.15, 0.2) is 24.3 Å². The van der Waals surface area contributed by atoms with Crippen molar-refractivity contribution in [3.63, 3.8) is 0 Å². The highest BCUT2D eigenvalue weighted by Gasteiger charge is 2.23. The molecule has 1 saturated heterocycles. The van der Waals surface area contributed by atoms with Crippen LogP contribution in [0.1, 0.15) is 45.6 Å². The van der Waals surface area contributed by atoms with Gasteiger partial charge in [-0.3, -0.25) is 9.59 Å². The number of ether oxygens (including phenoxy) is 1. The molecule has 0 unspecified atom stereocenters. The van der Waals surface area contributed by atoms with E-state index in [-0.39, 0.29) is 17.9 Å². The van der Waals surface area contributed by atoms with Crippen LogP contribution in [-0.4, -0.2) is 53.9 Å². The second-order valence-corrected chi connectivity index (χ2v) is 6.85. The lowest BCUT2D eigenvalue weighted by molar-refractivity contribution is -0.139. The van der Waals surface area contributed by atoms with Crippen LogP contribution in [0.5, 0.6) is 5.75 Å². The van der Waals surface area contributed by atoms with Crippen LogP contribution in [0.3, 0.4) is 0 Å². The Morgan fingerprint density at radius 1 is 1.00 bits per heavy atom. The first-order valence-electron chi connectivity index (χ1n) is 9.30. The van der Waals surface area contributed by atoms with E-state index in [4.69, 9.17) is 4.74 Å². The summed E-state index contributed by atoms with van der Waals surface area (Å²) in [6, 6.07) is 7.71. The number of rotatable bonds is 7. The van der Waals surface area contributed by atoms with Gasteiger partial charge in [0.15, 0.2) is 0 Å². The molecule has 25 heavy (non-hydrogen) atoms. The second kappa shape index (κ2) is 9.44. The van der Waals surface area contributed by atoms with Crippen molar-refractivity contribution < 1.29 is 14.3 Å². The summed E-state index contributed by atoms with van der Waals surface area (Å²) >= 11 is 0. The standard InChI is InChI=1S/C20H30N2O3/c1-4-5-6-19(23)21-11-13-22(14-12-21)20(24)15-17-7-9-18(10-8-17)25-16(2)3/h7-10,16H,4-6,11-15H2,1-3H3. The van der Waals surface area contributed by atoms with Crippen LogP contribution in [0, 0.1) is 0 Å². The number of nitrogens with zero attached hydrogens (tertiary/aromatic N) is 2. The molecule has 1 aliphatic rings. The summed E-state index contributed by atoms with van der Waals surface area (Å²) in [5.41, 5.74) is 0.988. The van der Waals surface area contributed by atoms with E-state index >= 15 is 0 Å². The van der Waals surface area contributed by atoms with Gasteiger partial charge in [0, 0.05) is 32.6 Å². The summed E-state index contributed by atoms with van der Waals surface area (Å²) < 4.78 is 5.62. The highest BCUT2D eigenvalue weighted by Crippen LogP contribution is 2.15. The molecule has 2 amide bonds. The molecule has 0 aliphatic carbocycles. The lowest BCUT2D eigenvalue weighted by Gasteiger charge is -2.35. The maximum absolute atomic E-state index is 12.5. The van der Waals surface area contributed by atoms with Gasteiger partial charge in [-0.1, -0.05) is 25.5 Å². The van der Waals surface area contributed by atoms with Crippen molar-refractivity contribution in [2.45, 2.75) is 52.6 Å². The minimum absolute atomic E-state index is 0.123. The van der Waals surface area contributed by atoms with E-state index in [0.29, 0.717) is 39.0 Å². The summed E-state index contributed by atoms with van der Waals surface area (Å²) in [6.45, 7) is 8.63. The fraction of sp³-hybridized carbons (Fsp3) is 0.600. The van der Waals surface area contributed by atoms with Crippen LogP contribution < -0.4 is 4.74 Å². The van der Waals surface area contributed by atoms with Gasteiger partial charge in [-0.25, -0.2) is 0 Å².